The van der Waals surface area contributed by atoms with Gasteiger partial charge in [0.15, 0.2) is 0 Å². The largest absolute Gasteiger partial charge is 0.350 e. The van der Waals surface area contributed by atoms with Gasteiger partial charge in [0.1, 0.15) is 10.8 Å². The van der Waals surface area contributed by atoms with E-state index in [1.165, 1.54) is 0 Å². The summed E-state index contributed by atoms with van der Waals surface area (Å²) in [5.41, 5.74) is 1.09. The van der Waals surface area contributed by atoms with E-state index in [1.54, 1.807) is 16.0 Å². The highest BCUT2D eigenvalue weighted by molar-refractivity contribution is 7.09. The van der Waals surface area contributed by atoms with E-state index in [0.29, 0.717) is 25.3 Å². The first kappa shape index (κ1) is 15.6. The molecule has 0 aliphatic rings. The van der Waals surface area contributed by atoms with Gasteiger partial charge in [-0.1, -0.05) is 20.8 Å². The number of aryl methyl sites for hydroxylation is 2. The standard InChI is InChI=1S/C13H20N6OS/c1-9-16-17-18-19(9)6-5-11(20)14-7-12-15-10(8-21-12)13(2,3)4/h8H,5-7H2,1-4H3,(H,14,20). The van der Waals surface area contributed by atoms with Crippen LogP contribution in [0.3, 0.4) is 0 Å². The number of tetrazole rings is 1. The second-order valence-corrected chi connectivity index (χ2v) is 6.80. The predicted octanol–water partition coefficient (Wildman–Crippen LogP) is 1.44. The number of carbonyl (C=O) groups is 1. The summed E-state index contributed by atoms with van der Waals surface area (Å²) in [6.45, 7) is 9.13. The average molecular weight is 308 g/mol. The molecule has 7 nitrogen and oxygen atoms in total. The third-order valence-electron chi connectivity index (χ3n) is 3.02. The van der Waals surface area contributed by atoms with Crippen LogP contribution >= 0.6 is 11.3 Å². The molecular weight excluding hydrogens is 288 g/mol. The van der Waals surface area contributed by atoms with Crippen molar-refractivity contribution in [2.24, 2.45) is 0 Å². The molecule has 21 heavy (non-hydrogen) atoms. The Morgan fingerprint density at radius 1 is 1.43 bits per heavy atom. The van der Waals surface area contributed by atoms with E-state index >= 15 is 0 Å². The van der Waals surface area contributed by atoms with Gasteiger partial charge in [-0.3, -0.25) is 4.79 Å². The number of nitrogens with one attached hydrogen (secondary N) is 1. The molecule has 2 aromatic rings. The van der Waals surface area contributed by atoms with Gasteiger partial charge >= 0.3 is 0 Å². The lowest BCUT2D eigenvalue weighted by molar-refractivity contribution is -0.121. The molecule has 0 saturated heterocycles. The number of thiazole rings is 1. The van der Waals surface area contributed by atoms with Crippen molar-refractivity contribution in [3.63, 3.8) is 0 Å². The SMILES string of the molecule is Cc1nnnn1CCC(=O)NCc1nc(C(C)(C)C)cs1. The summed E-state index contributed by atoms with van der Waals surface area (Å²) >= 11 is 1.57. The van der Waals surface area contributed by atoms with Crippen molar-refractivity contribution >= 4 is 17.2 Å². The molecule has 0 spiro atoms. The van der Waals surface area contributed by atoms with E-state index < -0.39 is 0 Å². The monoisotopic (exact) mass is 308 g/mol. The fourth-order valence-corrected chi connectivity index (χ4v) is 2.62. The van der Waals surface area contributed by atoms with Crippen molar-refractivity contribution in [2.75, 3.05) is 0 Å². The molecule has 2 heterocycles. The molecule has 114 valence electrons. The molecule has 0 aliphatic heterocycles. The van der Waals surface area contributed by atoms with Gasteiger partial charge in [-0.25, -0.2) is 9.67 Å². The lowest BCUT2D eigenvalue weighted by atomic mass is 9.93. The lowest BCUT2D eigenvalue weighted by Gasteiger charge is -2.14. The summed E-state index contributed by atoms with van der Waals surface area (Å²) in [5.74, 6) is 0.676. The molecule has 2 rings (SSSR count). The highest BCUT2D eigenvalue weighted by atomic mass is 32.1. The molecule has 0 radical (unpaired) electrons. The van der Waals surface area contributed by atoms with Crippen LogP contribution in [0.5, 0.6) is 0 Å². The third kappa shape index (κ3) is 4.32. The van der Waals surface area contributed by atoms with E-state index in [9.17, 15) is 4.79 Å². The summed E-state index contributed by atoms with van der Waals surface area (Å²) < 4.78 is 1.61. The van der Waals surface area contributed by atoms with Crippen molar-refractivity contribution < 1.29 is 4.79 Å². The minimum Gasteiger partial charge on any atom is -0.350 e. The fraction of sp³-hybridized carbons (Fsp3) is 0.615. The Kier molecular flexibility index (Phi) is 4.66. The molecule has 8 heteroatoms. The van der Waals surface area contributed by atoms with Crippen molar-refractivity contribution in [1.29, 1.82) is 0 Å². The zero-order valence-electron chi connectivity index (χ0n) is 12.8. The normalized spacial score (nSPS) is 11.6. The fourth-order valence-electron chi connectivity index (χ4n) is 1.66. The van der Waals surface area contributed by atoms with Gasteiger partial charge in [-0.15, -0.1) is 16.4 Å². The second-order valence-electron chi connectivity index (χ2n) is 5.85. The zero-order chi connectivity index (χ0) is 15.5. The summed E-state index contributed by atoms with van der Waals surface area (Å²) in [7, 11) is 0. The van der Waals surface area contributed by atoms with E-state index in [4.69, 9.17) is 0 Å². The number of carbonyl (C=O) groups excluding carboxylic acids is 1. The topological polar surface area (TPSA) is 85.6 Å². The minimum atomic E-state index is -0.0302. The zero-order valence-corrected chi connectivity index (χ0v) is 13.6. The van der Waals surface area contributed by atoms with Crippen LogP contribution < -0.4 is 5.32 Å². The maximum Gasteiger partial charge on any atom is 0.222 e. The smallest absolute Gasteiger partial charge is 0.222 e. The van der Waals surface area contributed by atoms with Crippen molar-refractivity contribution in [2.45, 2.75) is 52.6 Å². The highest BCUT2D eigenvalue weighted by Crippen LogP contribution is 2.23. The first-order valence-electron chi connectivity index (χ1n) is 6.80. The number of hydrogen-bond donors (Lipinski definition) is 1. The number of hydrogen-bond acceptors (Lipinski definition) is 6. The van der Waals surface area contributed by atoms with Gasteiger partial charge in [-0.2, -0.15) is 0 Å². The van der Waals surface area contributed by atoms with Crippen LogP contribution in [0.1, 0.15) is 43.7 Å². The molecule has 0 unspecified atom stereocenters. The van der Waals surface area contributed by atoms with Gasteiger partial charge in [0.05, 0.1) is 18.8 Å². The van der Waals surface area contributed by atoms with Crippen LogP contribution in [-0.2, 0) is 23.3 Å². The Labute approximate surface area is 127 Å². The Morgan fingerprint density at radius 2 is 2.19 bits per heavy atom. The lowest BCUT2D eigenvalue weighted by Crippen LogP contribution is -2.24. The van der Waals surface area contributed by atoms with Crippen molar-refractivity contribution in [3.05, 3.63) is 21.9 Å². The Hall–Kier alpha value is -1.83. The van der Waals surface area contributed by atoms with Crippen LogP contribution in [0, 0.1) is 6.92 Å². The van der Waals surface area contributed by atoms with Gasteiger partial charge in [0, 0.05) is 17.2 Å². The molecule has 0 aliphatic carbocycles. The number of rotatable bonds is 5. The second kappa shape index (κ2) is 6.30. The molecule has 0 saturated carbocycles. The molecule has 0 bridgehead atoms. The van der Waals surface area contributed by atoms with Crippen LogP contribution in [-0.4, -0.2) is 31.1 Å². The maximum absolute atomic E-state index is 11.8. The Morgan fingerprint density at radius 3 is 2.76 bits per heavy atom. The maximum atomic E-state index is 11.8. The molecule has 1 amide bonds. The first-order valence-corrected chi connectivity index (χ1v) is 7.68. The first-order chi connectivity index (χ1) is 9.86. The van der Waals surface area contributed by atoms with Gasteiger partial charge in [-0.05, 0) is 17.4 Å². The van der Waals surface area contributed by atoms with Crippen molar-refractivity contribution in [3.8, 4) is 0 Å². The molecular formula is C13H20N6OS. The highest BCUT2D eigenvalue weighted by Gasteiger charge is 2.17. The summed E-state index contributed by atoms with van der Waals surface area (Å²) in [6.07, 6.45) is 0.351. The molecule has 1 N–H and O–H groups in total. The quantitative estimate of drug-likeness (QED) is 0.903. The van der Waals surface area contributed by atoms with Gasteiger partial charge < -0.3 is 5.32 Å². The molecule has 0 fully saturated rings. The predicted molar refractivity (Wildman–Crippen MR) is 79.8 cm³/mol. The molecule has 2 aromatic heterocycles. The number of aromatic nitrogens is 5. The van der Waals surface area contributed by atoms with E-state index in [-0.39, 0.29) is 11.3 Å². The Bertz CT molecular complexity index is 612. The van der Waals surface area contributed by atoms with Crippen LogP contribution in [0.4, 0.5) is 0 Å². The van der Waals surface area contributed by atoms with E-state index in [2.05, 4.69) is 46.6 Å². The van der Waals surface area contributed by atoms with Crippen LogP contribution in [0.25, 0.3) is 0 Å². The van der Waals surface area contributed by atoms with Crippen LogP contribution in [0.2, 0.25) is 0 Å². The minimum absolute atomic E-state index is 0.0302. The third-order valence-corrected chi connectivity index (χ3v) is 3.87. The summed E-state index contributed by atoms with van der Waals surface area (Å²) in [6, 6.07) is 0. The number of amides is 1. The molecule has 0 atom stereocenters. The van der Waals surface area contributed by atoms with Crippen molar-refractivity contribution in [1.82, 2.24) is 30.5 Å². The van der Waals surface area contributed by atoms with Crippen LogP contribution in [0.15, 0.2) is 5.38 Å². The van der Waals surface area contributed by atoms with Gasteiger partial charge in [0.25, 0.3) is 0 Å². The number of nitrogens with zero attached hydrogens (tertiary/aromatic N) is 5. The summed E-state index contributed by atoms with van der Waals surface area (Å²) in [4.78, 5) is 16.4. The van der Waals surface area contributed by atoms with E-state index in [1.807, 2.05) is 12.3 Å². The Balaban J connectivity index is 1.79. The average Bonchev–Trinajstić information content (AvgIpc) is 3.02. The van der Waals surface area contributed by atoms with E-state index in [0.717, 1.165) is 10.7 Å². The van der Waals surface area contributed by atoms with Gasteiger partial charge in [0.2, 0.25) is 5.91 Å². The molecule has 0 aromatic carbocycles. The summed E-state index contributed by atoms with van der Waals surface area (Å²) in [5, 5.41) is 17.0.